The van der Waals surface area contributed by atoms with E-state index in [-0.39, 0.29) is 12.5 Å². The van der Waals surface area contributed by atoms with Gasteiger partial charge in [0.15, 0.2) is 0 Å². The van der Waals surface area contributed by atoms with E-state index in [1.54, 1.807) is 0 Å². The van der Waals surface area contributed by atoms with Gasteiger partial charge in [-0.25, -0.2) is 4.79 Å². The Kier molecular flexibility index (Phi) is 3.85. The zero-order valence-electron chi connectivity index (χ0n) is 11.8. The first-order chi connectivity index (χ1) is 9.61. The third kappa shape index (κ3) is 2.91. The van der Waals surface area contributed by atoms with Crippen LogP contribution in [-0.4, -0.2) is 29.7 Å². The van der Waals surface area contributed by atoms with Crippen molar-refractivity contribution < 1.29 is 14.7 Å². The number of amides is 2. The van der Waals surface area contributed by atoms with Crippen molar-refractivity contribution >= 4 is 12.0 Å². The van der Waals surface area contributed by atoms with Crippen LogP contribution in [0.3, 0.4) is 0 Å². The fourth-order valence-electron chi connectivity index (χ4n) is 4.80. The van der Waals surface area contributed by atoms with Gasteiger partial charge >= 0.3 is 12.0 Å². The molecule has 4 bridgehead atoms. The van der Waals surface area contributed by atoms with E-state index >= 15 is 0 Å². The first-order valence-corrected chi connectivity index (χ1v) is 7.88. The van der Waals surface area contributed by atoms with Gasteiger partial charge in [0.2, 0.25) is 0 Å². The van der Waals surface area contributed by atoms with Crippen molar-refractivity contribution in [3.63, 3.8) is 0 Å². The van der Waals surface area contributed by atoms with Crippen LogP contribution in [0.2, 0.25) is 0 Å². The molecule has 0 unspecified atom stereocenters. The molecule has 0 saturated heterocycles. The molecule has 0 radical (unpaired) electrons. The predicted molar refractivity (Wildman–Crippen MR) is 74.2 cm³/mol. The summed E-state index contributed by atoms with van der Waals surface area (Å²) in [6.45, 7) is 0.436. The molecule has 0 aromatic heterocycles. The second kappa shape index (κ2) is 5.62. The van der Waals surface area contributed by atoms with E-state index in [0.29, 0.717) is 30.8 Å². The summed E-state index contributed by atoms with van der Waals surface area (Å²) >= 11 is 0. The number of nitrogens with one attached hydrogen (secondary N) is 2. The van der Waals surface area contributed by atoms with Crippen molar-refractivity contribution in [1.82, 2.24) is 10.6 Å². The molecule has 0 aromatic rings. The fourth-order valence-corrected chi connectivity index (χ4v) is 4.80. The summed E-state index contributed by atoms with van der Waals surface area (Å²) in [5.74, 6) is 2.36. The van der Waals surface area contributed by atoms with E-state index < -0.39 is 5.97 Å². The van der Waals surface area contributed by atoms with E-state index in [1.807, 2.05) is 0 Å². The molecule has 4 aliphatic carbocycles. The highest BCUT2D eigenvalue weighted by atomic mass is 16.4. The molecule has 4 rings (SSSR count). The molecule has 5 nitrogen and oxygen atoms in total. The quantitative estimate of drug-likeness (QED) is 0.674. The van der Waals surface area contributed by atoms with Crippen molar-refractivity contribution in [2.45, 2.75) is 51.0 Å². The highest BCUT2D eigenvalue weighted by Gasteiger charge is 2.48. The number of carbonyl (C=O) groups is 2. The molecular weight excluding hydrogens is 256 g/mol. The molecule has 2 amide bonds. The number of urea groups is 1. The van der Waals surface area contributed by atoms with E-state index in [2.05, 4.69) is 10.6 Å². The molecular formula is C15H24N2O3. The zero-order valence-corrected chi connectivity index (χ0v) is 11.8. The molecule has 112 valence electrons. The minimum atomic E-state index is -0.812. The molecule has 0 heterocycles. The van der Waals surface area contributed by atoms with Crippen LogP contribution in [-0.2, 0) is 4.79 Å². The van der Waals surface area contributed by atoms with Gasteiger partial charge in [0.05, 0.1) is 0 Å². The van der Waals surface area contributed by atoms with E-state index in [0.717, 1.165) is 11.8 Å². The number of rotatable bonds is 5. The Morgan fingerprint density at radius 3 is 2.15 bits per heavy atom. The Morgan fingerprint density at radius 1 is 1.00 bits per heavy atom. The predicted octanol–water partition coefficient (Wildman–Crippen LogP) is 1.98. The summed E-state index contributed by atoms with van der Waals surface area (Å²) in [5.41, 5.74) is 0. The Bertz CT molecular complexity index is 369. The Balaban J connectivity index is 1.44. The van der Waals surface area contributed by atoms with Crippen LogP contribution in [0.4, 0.5) is 4.79 Å². The molecule has 20 heavy (non-hydrogen) atoms. The van der Waals surface area contributed by atoms with Crippen molar-refractivity contribution in [3.8, 4) is 0 Å². The maximum atomic E-state index is 11.9. The average Bonchev–Trinajstić information content (AvgIpc) is 2.38. The fraction of sp³-hybridized carbons (Fsp3) is 0.867. The maximum absolute atomic E-state index is 11.9. The summed E-state index contributed by atoms with van der Waals surface area (Å²) < 4.78 is 0. The highest BCUT2D eigenvalue weighted by Crippen LogP contribution is 2.53. The van der Waals surface area contributed by atoms with Gasteiger partial charge in [-0.2, -0.15) is 0 Å². The lowest BCUT2D eigenvalue weighted by Crippen LogP contribution is -2.57. The van der Waals surface area contributed by atoms with Crippen LogP contribution in [0.25, 0.3) is 0 Å². The minimum Gasteiger partial charge on any atom is -0.481 e. The Hall–Kier alpha value is -1.26. The molecule has 4 aliphatic rings. The molecule has 0 atom stereocenters. The number of hydrogen-bond acceptors (Lipinski definition) is 2. The molecule has 3 N–H and O–H groups in total. The first kappa shape index (κ1) is 13.7. The number of aliphatic carboxylic acids is 1. The van der Waals surface area contributed by atoms with Crippen LogP contribution in [0.5, 0.6) is 0 Å². The van der Waals surface area contributed by atoms with Crippen LogP contribution in [0.1, 0.15) is 44.9 Å². The normalized spacial score (nSPS) is 37.7. The SMILES string of the molecule is O=C(O)CCCNC(=O)NC1C2CC3CC(C2)CC1C3. The molecule has 0 aromatic carbocycles. The summed E-state index contributed by atoms with van der Waals surface area (Å²) in [7, 11) is 0. The van der Waals surface area contributed by atoms with Gasteiger partial charge in [-0.15, -0.1) is 0 Å². The minimum absolute atomic E-state index is 0.109. The van der Waals surface area contributed by atoms with E-state index in [1.165, 1.54) is 32.1 Å². The van der Waals surface area contributed by atoms with Crippen molar-refractivity contribution in [2.75, 3.05) is 6.54 Å². The van der Waals surface area contributed by atoms with Gasteiger partial charge in [-0.05, 0) is 62.2 Å². The number of carboxylic acid groups (broad SMARTS) is 1. The summed E-state index contributed by atoms with van der Waals surface area (Å²) in [6.07, 6.45) is 7.17. The monoisotopic (exact) mass is 280 g/mol. The van der Waals surface area contributed by atoms with Gasteiger partial charge in [-0.1, -0.05) is 0 Å². The zero-order chi connectivity index (χ0) is 14.1. The van der Waals surface area contributed by atoms with Crippen LogP contribution >= 0.6 is 0 Å². The van der Waals surface area contributed by atoms with E-state index in [4.69, 9.17) is 5.11 Å². The lowest BCUT2D eigenvalue weighted by Gasteiger charge is -2.54. The van der Waals surface area contributed by atoms with Crippen molar-refractivity contribution in [2.24, 2.45) is 23.7 Å². The average molecular weight is 280 g/mol. The van der Waals surface area contributed by atoms with Crippen LogP contribution in [0.15, 0.2) is 0 Å². The summed E-state index contributed by atoms with van der Waals surface area (Å²) in [4.78, 5) is 22.3. The van der Waals surface area contributed by atoms with Gasteiger partial charge in [0.25, 0.3) is 0 Å². The van der Waals surface area contributed by atoms with Crippen molar-refractivity contribution in [1.29, 1.82) is 0 Å². The maximum Gasteiger partial charge on any atom is 0.315 e. The Labute approximate surface area is 119 Å². The molecule has 0 aliphatic heterocycles. The lowest BCUT2D eigenvalue weighted by atomic mass is 9.54. The first-order valence-electron chi connectivity index (χ1n) is 7.88. The third-order valence-corrected chi connectivity index (χ3v) is 5.38. The van der Waals surface area contributed by atoms with Gasteiger partial charge < -0.3 is 15.7 Å². The van der Waals surface area contributed by atoms with Gasteiger partial charge in [-0.3, -0.25) is 4.79 Å². The van der Waals surface area contributed by atoms with Crippen LogP contribution in [0, 0.1) is 23.7 Å². The second-order valence-corrected chi connectivity index (χ2v) is 6.85. The topological polar surface area (TPSA) is 78.4 Å². The highest BCUT2D eigenvalue weighted by molar-refractivity contribution is 5.74. The number of carbonyl (C=O) groups excluding carboxylic acids is 1. The molecule has 4 fully saturated rings. The summed E-state index contributed by atoms with van der Waals surface area (Å²) in [6, 6.07) is 0.232. The van der Waals surface area contributed by atoms with Crippen LogP contribution < -0.4 is 10.6 Å². The second-order valence-electron chi connectivity index (χ2n) is 6.85. The number of hydrogen-bond donors (Lipinski definition) is 3. The molecule has 4 saturated carbocycles. The van der Waals surface area contributed by atoms with E-state index in [9.17, 15) is 9.59 Å². The third-order valence-electron chi connectivity index (χ3n) is 5.38. The van der Waals surface area contributed by atoms with Crippen molar-refractivity contribution in [3.05, 3.63) is 0 Å². The largest absolute Gasteiger partial charge is 0.481 e. The number of carboxylic acids is 1. The molecule has 0 spiro atoms. The molecule has 5 heteroatoms. The van der Waals surface area contributed by atoms with Gasteiger partial charge in [0.1, 0.15) is 0 Å². The standard InChI is InChI=1S/C15H24N2O3/c18-13(19)2-1-3-16-15(20)17-14-11-5-9-4-10(7-11)8-12(14)6-9/h9-12,14H,1-8H2,(H,18,19)(H2,16,17,20). The van der Waals surface area contributed by atoms with Gasteiger partial charge in [0, 0.05) is 19.0 Å². The Morgan fingerprint density at radius 2 is 1.60 bits per heavy atom. The lowest BCUT2D eigenvalue weighted by molar-refractivity contribution is -0.137. The summed E-state index contributed by atoms with van der Waals surface area (Å²) in [5, 5.41) is 14.5. The smallest absolute Gasteiger partial charge is 0.315 e.